The number of anilines is 1. The molecule has 2 aromatic carbocycles. The fraction of sp³-hybridized carbons (Fsp3) is 0.235. The second-order valence-electron chi connectivity index (χ2n) is 5.61. The summed E-state index contributed by atoms with van der Waals surface area (Å²) in [5.41, 5.74) is 3.08. The number of carbonyl (C=O) groups excluding carboxylic acids is 1. The van der Waals surface area contributed by atoms with Gasteiger partial charge < -0.3 is 10.1 Å². The average Bonchev–Trinajstić information content (AvgIpc) is 2.49. The van der Waals surface area contributed by atoms with Gasteiger partial charge in [0.15, 0.2) is 6.61 Å². The summed E-state index contributed by atoms with van der Waals surface area (Å²) in [6.07, 6.45) is 0. The average molecular weight is 348 g/mol. The van der Waals surface area contributed by atoms with Gasteiger partial charge in [0.2, 0.25) is 10.0 Å². The lowest BCUT2D eigenvalue weighted by molar-refractivity contribution is -0.118. The third-order valence-corrected chi connectivity index (χ3v) is 4.68. The Bertz CT molecular complexity index is 876. The van der Waals surface area contributed by atoms with E-state index in [0.717, 1.165) is 11.1 Å². The first-order valence-electron chi connectivity index (χ1n) is 7.30. The number of primary sulfonamides is 1. The van der Waals surface area contributed by atoms with E-state index in [1.54, 1.807) is 25.1 Å². The minimum Gasteiger partial charge on any atom is -0.484 e. The van der Waals surface area contributed by atoms with Crippen molar-refractivity contribution in [2.75, 3.05) is 11.9 Å². The van der Waals surface area contributed by atoms with Crippen LogP contribution in [-0.2, 0) is 14.8 Å². The number of aryl methyl sites for hydroxylation is 3. The topological polar surface area (TPSA) is 98.5 Å². The van der Waals surface area contributed by atoms with Crippen molar-refractivity contribution in [1.29, 1.82) is 0 Å². The normalized spacial score (nSPS) is 11.2. The van der Waals surface area contributed by atoms with Crippen LogP contribution < -0.4 is 15.2 Å². The van der Waals surface area contributed by atoms with Crippen molar-refractivity contribution in [2.45, 2.75) is 25.7 Å². The second-order valence-corrected chi connectivity index (χ2v) is 7.14. The van der Waals surface area contributed by atoms with Gasteiger partial charge in [-0.25, -0.2) is 13.6 Å². The van der Waals surface area contributed by atoms with Crippen LogP contribution in [0.4, 0.5) is 5.69 Å². The molecule has 0 aliphatic heterocycles. The number of hydrogen-bond donors (Lipinski definition) is 2. The van der Waals surface area contributed by atoms with E-state index in [-0.39, 0.29) is 11.5 Å². The van der Waals surface area contributed by atoms with Gasteiger partial charge in [-0.2, -0.15) is 0 Å². The molecule has 0 aliphatic rings. The third-order valence-electron chi connectivity index (χ3n) is 3.63. The summed E-state index contributed by atoms with van der Waals surface area (Å²) in [5.74, 6) is 0.208. The first-order chi connectivity index (χ1) is 11.2. The number of rotatable bonds is 5. The Balaban J connectivity index is 2.03. The van der Waals surface area contributed by atoms with Crippen LogP contribution in [-0.4, -0.2) is 20.9 Å². The number of amides is 1. The predicted octanol–water partition coefficient (Wildman–Crippen LogP) is 2.28. The fourth-order valence-corrected chi connectivity index (χ4v) is 2.94. The number of carbonyl (C=O) groups is 1. The Hall–Kier alpha value is -2.38. The van der Waals surface area contributed by atoms with Crippen molar-refractivity contribution in [3.05, 3.63) is 53.1 Å². The van der Waals surface area contributed by atoms with Gasteiger partial charge >= 0.3 is 0 Å². The van der Waals surface area contributed by atoms with E-state index in [1.807, 2.05) is 26.0 Å². The van der Waals surface area contributed by atoms with Gasteiger partial charge in [-0.05, 0) is 61.7 Å². The van der Waals surface area contributed by atoms with Crippen LogP contribution in [0.1, 0.15) is 16.7 Å². The molecule has 2 aromatic rings. The van der Waals surface area contributed by atoms with Gasteiger partial charge in [-0.1, -0.05) is 12.1 Å². The smallest absolute Gasteiger partial charge is 0.262 e. The van der Waals surface area contributed by atoms with E-state index in [1.165, 1.54) is 6.07 Å². The SMILES string of the molecule is Cc1ccc(OCC(=O)Nc2ccc(C)c(S(N)(=O)=O)c2)cc1C. The van der Waals surface area contributed by atoms with Gasteiger partial charge in [-0.15, -0.1) is 0 Å². The Kier molecular flexibility index (Phi) is 5.26. The number of nitrogens with one attached hydrogen (secondary N) is 1. The highest BCUT2D eigenvalue weighted by atomic mass is 32.2. The minimum absolute atomic E-state index is 0.0182. The lowest BCUT2D eigenvalue weighted by Crippen LogP contribution is -2.21. The quantitative estimate of drug-likeness (QED) is 0.866. The van der Waals surface area contributed by atoms with Gasteiger partial charge in [0.1, 0.15) is 5.75 Å². The van der Waals surface area contributed by atoms with Gasteiger partial charge in [0.25, 0.3) is 5.91 Å². The second kappa shape index (κ2) is 7.02. The maximum atomic E-state index is 12.0. The van der Waals surface area contributed by atoms with Crippen LogP contribution in [0.25, 0.3) is 0 Å². The van der Waals surface area contributed by atoms with Crippen molar-refractivity contribution in [3.8, 4) is 5.75 Å². The minimum atomic E-state index is -3.84. The van der Waals surface area contributed by atoms with Crippen LogP contribution in [0.2, 0.25) is 0 Å². The van der Waals surface area contributed by atoms with Crippen molar-refractivity contribution < 1.29 is 17.9 Å². The molecule has 0 aromatic heterocycles. The molecule has 0 spiro atoms. The zero-order chi connectivity index (χ0) is 17.9. The maximum Gasteiger partial charge on any atom is 0.262 e. The number of sulfonamides is 1. The molecule has 0 heterocycles. The van der Waals surface area contributed by atoms with Crippen molar-refractivity contribution >= 4 is 21.6 Å². The maximum absolute atomic E-state index is 12.0. The summed E-state index contributed by atoms with van der Waals surface area (Å²) in [7, 11) is -3.84. The van der Waals surface area contributed by atoms with Crippen molar-refractivity contribution in [3.63, 3.8) is 0 Å². The molecular formula is C17H20N2O4S. The molecule has 0 fully saturated rings. The first-order valence-corrected chi connectivity index (χ1v) is 8.85. The Morgan fingerprint density at radius 2 is 1.71 bits per heavy atom. The molecule has 0 atom stereocenters. The third kappa shape index (κ3) is 4.56. The van der Waals surface area contributed by atoms with Crippen LogP contribution in [0.5, 0.6) is 5.75 Å². The molecule has 0 radical (unpaired) electrons. The van der Waals surface area contributed by atoms with Crippen molar-refractivity contribution in [2.24, 2.45) is 5.14 Å². The summed E-state index contributed by atoms with van der Waals surface area (Å²) in [6.45, 7) is 5.41. The highest BCUT2D eigenvalue weighted by Gasteiger charge is 2.13. The molecule has 0 unspecified atom stereocenters. The number of benzene rings is 2. The van der Waals surface area contributed by atoms with E-state index in [2.05, 4.69) is 5.32 Å². The lowest BCUT2D eigenvalue weighted by Gasteiger charge is -2.10. The zero-order valence-electron chi connectivity index (χ0n) is 13.8. The summed E-state index contributed by atoms with van der Waals surface area (Å²) in [6, 6.07) is 10.1. The van der Waals surface area contributed by atoms with Gasteiger partial charge in [0.05, 0.1) is 4.90 Å². The molecule has 128 valence electrons. The van der Waals surface area contributed by atoms with E-state index in [0.29, 0.717) is 17.0 Å². The standard InChI is InChI=1S/C17H20N2O4S/c1-11-5-7-15(8-13(11)3)23-10-17(20)19-14-6-4-12(2)16(9-14)24(18,21)22/h4-9H,10H2,1-3H3,(H,19,20)(H2,18,21,22). The molecule has 0 saturated carbocycles. The van der Waals surface area contributed by atoms with E-state index < -0.39 is 15.9 Å². The lowest BCUT2D eigenvalue weighted by atomic mass is 10.1. The number of nitrogens with two attached hydrogens (primary N) is 1. The molecule has 7 heteroatoms. The molecule has 3 N–H and O–H groups in total. The molecular weight excluding hydrogens is 328 g/mol. The summed E-state index contributed by atoms with van der Waals surface area (Å²) >= 11 is 0. The monoisotopic (exact) mass is 348 g/mol. The van der Waals surface area contributed by atoms with Gasteiger partial charge in [-0.3, -0.25) is 4.79 Å². The van der Waals surface area contributed by atoms with Crippen LogP contribution in [0.15, 0.2) is 41.3 Å². The molecule has 0 bridgehead atoms. The molecule has 6 nitrogen and oxygen atoms in total. The predicted molar refractivity (Wildman–Crippen MR) is 92.6 cm³/mol. The summed E-state index contributed by atoms with van der Waals surface area (Å²) < 4.78 is 28.4. The fourth-order valence-electron chi connectivity index (χ4n) is 2.13. The van der Waals surface area contributed by atoms with Crippen molar-refractivity contribution in [1.82, 2.24) is 0 Å². The molecule has 0 saturated heterocycles. The summed E-state index contributed by atoms with van der Waals surface area (Å²) in [5, 5.41) is 7.75. The van der Waals surface area contributed by atoms with Crippen LogP contribution in [0, 0.1) is 20.8 Å². The number of ether oxygens (including phenoxy) is 1. The Morgan fingerprint density at radius 1 is 1.04 bits per heavy atom. The largest absolute Gasteiger partial charge is 0.484 e. The molecule has 24 heavy (non-hydrogen) atoms. The highest BCUT2D eigenvalue weighted by Crippen LogP contribution is 2.19. The van der Waals surface area contributed by atoms with Crippen LogP contribution >= 0.6 is 0 Å². The van der Waals surface area contributed by atoms with Gasteiger partial charge in [0, 0.05) is 5.69 Å². The first kappa shape index (κ1) is 18.0. The molecule has 1 amide bonds. The molecule has 2 rings (SSSR count). The van der Waals surface area contributed by atoms with Crippen LogP contribution in [0.3, 0.4) is 0 Å². The van der Waals surface area contributed by atoms with E-state index in [9.17, 15) is 13.2 Å². The highest BCUT2D eigenvalue weighted by molar-refractivity contribution is 7.89. The Morgan fingerprint density at radius 3 is 2.33 bits per heavy atom. The Labute approximate surface area is 141 Å². The number of hydrogen-bond acceptors (Lipinski definition) is 4. The van der Waals surface area contributed by atoms with E-state index in [4.69, 9.17) is 9.88 Å². The zero-order valence-corrected chi connectivity index (χ0v) is 14.6. The van der Waals surface area contributed by atoms with E-state index >= 15 is 0 Å². The molecule has 0 aliphatic carbocycles. The summed E-state index contributed by atoms with van der Waals surface area (Å²) in [4.78, 5) is 11.9.